The number of aromatic nitrogens is 1. The second kappa shape index (κ2) is 5.15. The third-order valence-electron chi connectivity index (χ3n) is 2.80. The van der Waals surface area contributed by atoms with Gasteiger partial charge in [-0.05, 0) is 24.5 Å². The summed E-state index contributed by atoms with van der Waals surface area (Å²) >= 11 is 3.51. The molecule has 2 nitrogen and oxygen atoms in total. The fraction of sp³-hybridized carbons (Fsp3) is 0.357. The van der Waals surface area contributed by atoms with Crippen LogP contribution in [-0.2, 0) is 0 Å². The normalized spacial score (nSPS) is 13.2. The van der Waals surface area contributed by atoms with Crippen molar-refractivity contribution in [2.45, 2.75) is 26.4 Å². The number of aliphatic hydroxyl groups excluding tert-OH is 1. The first kappa shape index (κ1) is 12.5. The van der Waals surface area contributed by atoms with Gasteiger partial charge in [0.05, 0.1) is 11.6 Å². The lowest BCUT2D eigenvalue weighted by Crippen LogP contribution is -2.03. The van der Waals surface area contributed by atoms with Crippen molar-refractivity contribution in [2.24, 2.45) is 5.92 Å². The van der Waals surface area contributed by atoms with Gasteiger partial charge in [0.15, 0.2) is 0 Å². The van der Waals surface area contributed by atoms with Gasteiger partial charge in [-0.2, -0.15) is 0 Å². The summed E-state index contributed by atoms with van der Waals surface area (Å²) in [5.41, 5.74) is 1.80. The molecular weight excluding hydrogens is 278 g/mol. The van der Waals surface area contributed by atoms with E-state index in [1.54, 1.807) is 6.20 Å². The molecule has 0 fully saturated rings. The smallest absolute Gasteiger partial charge is 0.0813 e. The van der Waals surface area contributed by atoms with E-state index in [1.807, 2.05) is 24.3 Å². The third kappa shape index (κ3) is 2.67. The Bertz CT molecular complexity index is 525. The molecule has 0 aliphatic rings. The number of aliphatic hydroxyl groups is 1. The highest BCUT2D eigenvalue weighted by molar-refractivity contribution is 9.10. The van der Waals surface area contributed by atoms with Crippen molar-refractivity contribution >= 4 is 26.8 Å². The molecule has 1 atom stereocenters. The van der Waals surface area contributed by atoms with Gasteiger partial charge in [-0.1, -0.05) is 41.9 Å². The molecule has 0 saturated heterocycles. The minimum Gasteiger partial charge on any atom is -0.388 e. The van der Waals surface area contributed by atoms with E-state index in [-0.39, 0.29) is 0 Å². The molecule has 90 valence electrons. The Labute approximate surface area is 110 Å². The largest absolute Gasteiger partial charge is 0.388 e. The Morgan fingerprint density at radius 3 is 2.76 bits per heavy atom. The lowest BCUT2D eigenvalue weighted by atomic mass is 9.97. The highest BCUT2D eigenvalue weighted by atomic mass is 79.9. The minimum absolute atomic E-state index is 0.444. The summed E-state index contributed by atoms with van der Waals surface area (Å²) in [5.74, 6) is 0.465. The lowest BCUT2D eigenvalue weighted by Gasteiger charge is -2.15. The number of hydrogen-bond donors (Lipinski definition) is 1. The van der Waals surface area contributed by atoms with Gasteiger partial charge >= 0.3 is 0 Å². The third-order valence-corrected chi connectivity index (χ3v) is 3.49. The lowest BCUT2D eigenvalue weighted by molar-refractivity contribution is 0.152. The van der Waals surface area contributed by atoms with E-state index >= 15 is 0 Å². The highest BCUT2D eigenvalue weighted by Crippen LogP contribution is 2.31. The van der Waals surface area contributed by atoms with Gasteiger partial charge in [-0.15, -0.1) is 0 Å². The second-order valence-electron chi connectivity index (χ2n) is 4.68. The standard InChI is InChI=1S/C14H16BrNO/c1-9(2)8-13(17)11-5-6-12(15)10-4-3-7-16-14(10)11/h3-7,9,13,17H,8H2,1-2H3. The van der Waals surface area contributed by atoms with Crippen LogP contribution in [0.25, 0.3) is 10.9 Å². The molecule has 0 radical (unpaired) electrons. The van der Waals surface area contributed by atoms with Gasteiger partial charge in [0.1, 0.15) is 0 Å². The van der Waals surface area contributed by atoms with Crippen LogP contribution in [0.15, 0.2) is 34.9 Å². The van der Waals surface area contributed by atoms with Crippen LogP contribution in [0.2, 0.25) is 0 Å². The Kier molecular flexibility index (Phi) is 3.79. The summed E-state index contributed by atoms with van der Waals surface area (Å²) in [6.45, 7) is 4.22. The van der Waals surface area contributed by atoms with E-state index in [1.165, 1.54) is 0 Å². The van der Waals surface area contributed by atoms with Gasteiger partial charge < -0.3 is 5.11 Å². The number of rotatable bonds is 3. The maximum absolute atomic E-state index is 10.2. The summed E-state index contributed by atoms with van der Waals surface area (Å²) in [6, 6.07) is 7.85. The molecular formula is C14H16BrNO. The molecule has 2 aromatic rings. The number of benzene rings is 1. The molecule has 1 heterocycles. The molecule has 1 aromatic carbocycles. The van der Waals surface area contributed by atoms with E-state index in [4.69, 9.17) is 0 Å². The van der Waals surface area contributed by atoms with Crippen LogP contribution in [0.3, 0.4) is 0 Å². The van der Waals surface area contributed by atoms with Gasteiger partial charge in [0.2, 0.25) is 0 Å². The molecule has 0 amide bonds. The molecule has 1 unspecified atom stereocenters. The molecule has 0 bridgehead atoms. The van der Waals surface area contributed by atoms with E-state index in [9.17, 15) is 5.11 Å². The Balaban J connectivity index is 2.51. The van der Waals surface area contributed by atoms with Crippen LogP contribution in [-0.4, -0.2) is 10.1 Å². The van der Waals surface area contributed by atoms with E-state index < -0.39 is 6.10 Å². The van der Waals surface area contributed by atoms with Crippen molar-refractivity contribution < 1.29 is 5.11 Å². The summed E-state index contributed by atoms with van der Waals surface area (Å²) in [7, 11) is 0. The van der Waals surface area contributed by atoms with Crippen molar-refractivity contribution in [3.05, 3.63) is 40.5 Å². The average molecular weight is 294 g/mol. The Hall–Kier alpha value is -0.930. The topological polar surface area (TPSA) is 33.1 Å². The highest BCUT2D eigenvalue weighted by Gasteiger charge is 2.14. The summed E-state index contributed by atoms with van der Waals surface area (Å²) in [6.07, 6.45) is 2.08. The molecule has 17 heavy (non-hydrogen) atoms. The molecule has 0 spiro atoms. The Morgan fingerprint density at radius 2 is 2.06 bits per heavy atom. The number of pyridine rings is 1. The van der Waals surface area contributed by atoms with Crippen LogP contribution < -0.4 is 0 Å². The molecule has 2 rings (SSSR count). The van der Waals surface area contributed by atoms with E-state index in [0.717, 1.165) is 27.4 Å². The maximum Gasteiger partial charge on any atom is 0.0813 e. The van der Waals surface area contributed by atoms with Crippen molar-refractivity contribution in [2.75, 3.05) is 0 Å². The van der Waals surface area contributed by atoms with Crippen LogP contribution >= 0.6 is 15.9 Å². The van der Waals surface area contributed by atoms with Crippen LogP contribution in [0.1, 0.15) is 31.9 Å². The average Bonchev–Trinajstić information content (AvgIpc) is 2.29. The number of halogens is 1. The molecule has 0 aliphatic heterocycles. The molecule has 1 aromatic heterocycles. The van der Waals surface area contributed by atoms with Gasteiger partial charge in [-0.3, -0.25) is 4.98 Å². The first-order chi connectivity index (χ1) is 8.09. The SMILES string of the molecule is CC(C)CC(O)c1ccc(Br)c2cccnc12. The second-order valence-corrected chi connectivity index (χ2v) is 5.54. The van der Waals surface area contributed by atoms with Crippen molar-refractivity contribution in [3.63, 3.8) is 0 Å². The maximum atomic E-state index is 10.2. The minimum atomic E-state index is -0.444. The quantitative estimate of drug-likeness (QED) is 0.925. The van der Waals surface area contributed by atoms with Crippen LogP contribution in [0.4, 0.5) is 0 Å². The fourth-order valence-corrected chi connectivity index (χ4v) is 2.45. The van der Waals surface area contributed by atoms with Gasteiger partial charge in [0.25, 0.3) is 0 Å². The number of fused-ring (bicyclic) bond motifs is 1. The van der Waals surface area contributed by atoms with Gasteiger partial charge in [0, 0.05) is 21.6 Å². The van der Waals surface area contributed by atoms with Crippen LogP contribution in [0.5, 0.6) is 0 Å². The van der Waals surface area contributed by atoms with E-state index in [2.05, 4.69) is 34.8 Å². The zero-order valence-corrected chi connectivity index (χ0v) is 11.6. The van der Waals surface area contributed by atoms with Crippen molar-refractivity contribution in [1.29, 1.82) is 0 Å². The predicted molar refractivity (Wildman–Crippen MR) is 73.9 cm³/mol. The zero-order valence-electron chi connectivity index (χ0n) is 10.0. The molecule has 0 aliphatic carbocycles. The monoisotopic (exact) mass is 293 g/mol. The number of nitrogens with zero attached hydrogens (tertiary/aromatic N) is 1. The first-order valence-corrected chi connectivity index (χ1v) is 6.60. The van der Waals surface area contributed by atoms with Crippen LogP contribution in [0, 0.1) is 5.92 Å². The predicted octanol–water partition coefficient (Wildman–Crippen LogP) is 4.08. The molecule has 3 heteroatoms. The van der Waals surface area contributed by atoms with Crippen molar-refractivity contribution in [3.8, 4) is 0 Å². The van der Waals surface area contributed by atoms with E-state index in [0.29, 0.717) is 5.92 Å². The zero-order chi connectivity index (χ0) is 12.4. The molecule has 1 N–H and O–H groups in total. The summed E-state index contributed by atoms with van der Waals surface area (Å²) in [5, 5.41) is 11.3. The Morgan fingerprint density at radius 1 is 1.29 bits per heavy atom. The first-order valence-electron chi connectivity index (χ1n) is 5.80. The van der Waals surface area contributed by atoms with Crippen molar-refractivity contribution in [1.82, 2.24) is 4.98 Å². The molecule has 0 saturated carbocycles. The summed E-state index contributed by atoms with van der Waals surface area (Å²) in [4.78, 5) is 4.38. The summed E-state index contributed by atoms with van der Waals surface area (Å²) < 4.78 is 1.01. The number of hydrogen-bond acceptors (Lipinski definition) is 2. The van der Waals surface area contributed by atoms with Gasteiger partial charge in [-0.25, -0.2) is 0 Å². The fourth-order valence-electron chi connectivity index (χ4n) is 2.00.